The first-order chi connectivity index (χ1) is 6.85. The second kappa shape index (κ2) is 4.86. The van der Waals surface area contributed by atoms with Gasteiger partial charge < -0.3 is 11.1 Å². The summed E-state index contributed by atoms with van der Waals surface area (Å²) in [5.74, 6) is 2.51. The highest BCUT2D eigenvalue weighted by Gasteiger charge is 2.34. The molecule has 1 unspecified atom stereocenters. The molecule has 1 atom stereocenters. The van der Waals surface area contributed by atoms with E-state index in [4.69, 9.17) is 5.73 Å². The monoisotopic (exact) mass is 214 g/mol. The van der Waals surface area contributed by atoms with Crippen LogP contribution in [-0.4, -0.2) is 29.6 Å². The first-order valence-electron chi connectivity index (χ1n) is 5.90. The van der Waals surface area contributed by atoms with E-state index in [0.717, 1.165) is 12.6 Å². The highest BCUT2D eigenvalue weighted by Crippen LogP contribution is 2.29. The molecule has 1 saturated carbocycles. The lowest BCUT2D eigenvalue weighted by atomic mass is 9.91. The zero-order valence-corrected chi connectivity index (χ0v) is 9.74. The van der Waals surface area contributed by atoms with Crippen LogP contribution >= 0.6 is 11.8 Å². The van der Waals surface area contributed by atoms with Crippen LogP contribution in [0.3, 0.4) is 0 Å². The summed E-state index contributed by atoms with van der Waals surface area (Å²) in [6.45, 7) is 0.816. The van der Waals surface area contributed by atoms with Crippen LogP contribution in [0.15, 0.2) is 0 Å². The van der Waals surface area contributed by atoms with Gasteiger partial charge in [-0.25, -0.2) is 0 Å². The van der Waals surface area contributed by atoms with Gasteiger partial charge in [0.25, 0.3) is 0 Å². The maximum absolute atomic E-state index is 5.91. The number of rotatable bonds is 3. The largest absolute Gasteiger partial charge is 0.329 e. The molecule has 0 aromatic carbocycles. The molecule has 2 rings (SSSR count). The third-order valence-corrected chi connectivity index (χ3v) is 4.86. The smallest absolute Gasteiger partial charge is 0.0405 e. The maximum atomic E-state index is 5.91. The van der Waals surface area contributed by atoms with E-state index < -0.39 is 0 Å². The topological polar surface area (TPSA) is 38.0 Å². The standard InChI is InChI=1S/C11H22N2S/c12-8-11(6-7-14-9-11)13-10-4-2-1-3-5-10/h10,13H,1-9,12H2. The molecule has 14 heavy (non-hydrogen) atoms. The van der Waals surface area contributed by atoms with E-state index in [1.165, 1.54) is 50.0 Å². The van der Waals surface area contributed by atoms with E-state index in [1.54, 1.807) is 0 Å². The van der Waals surface area contributed by atoms with E-state index in [-0.39, 0.29) is 5.54 Å². The van der Waals surface area contributed by atoms with Crippen LogP contribution in [0, 0.1) is 0 Å². The SMILES string of the molecule is NCC1(NC2CCCCC2)CCSC1. The van der Waals surface area contributed by atoms with Crippen molar-refractivity contribution in [2.24, 2.45) is 5.73 Å². The van der Waals surface area contributed by atoms with Crippen molar-refractivity contribution < 1.29 is 0 Å². The molecule has 2 aliphatic rings. The molecular weight excluding hydrogens is 192 g/mol. The van der Waals surface area contributed by atoms with Crippen LogP contribution in [0.5, 0.6) is 0 Å². The van der Waals surface area contributed by atoms with Crippen LogP contribution < -0.4 is 11.1 Å². The molecule has 0 spiro atoms. The van der Waals surface area contributed by atoms with Crippen molar-refractivity contribution in [1.29, 1.82) is 0 Å². The number of hydrogen-bond acceptors (Lipinski definition) is 3. The summed E-state index contributed by atoms with van der Waals surface area (Å²) in [4.78, 5) is 0. The summed E-state index contributed by atoms with van der Waals surface area (Å²) in [5, 5.41) is 3.84. The fraction of sp³-hybridized carbons (Fsp3) is 1.00. The first kappa shape index (κ1) is 10.8. The minimum Gasteiger partial charge on any atom is -0.329 e. The number of nitrogens with one attached hydrogen (secondary N) is 1. The fourth-order valence-electron chi connectivity index (χ4n) is 2.62. The Hall–Kier alpha value is 0.270. The second-order valence-corrected chi connectivity index (χ2v) is 5.87. The molecule has 0 aromatic rings. The quantitative estimate of drug-likeness (QED) is 0.751. The molecule has 3 heteroatoms. The average molecular weight is 214 g/mol. The van der Waals surface area contributed by atoms with E-state index in [2.05, 4.69) is 17.1 Å². The first-order valence-corrected chi connectivity index (χ1v) is 7.06. The van der Waals surface area contributed by atoms with Crippen molar-refractivity contribution in [3.8, 4) is 0 Å². The second-order valence-electron chi connectivity index (χ2n) is 4.77. The minimum absolute atomic E-state index is 0.284. The van der Waals surface area contributed by atoms with Crippen molar-refractivity contribution in [3.63, 3.8) is 0 Å². The minimum atomic E-state index is 0.284. The molecule has 2 nitrogen and oxygen atoms in total. The molecule has 0 aromatic heterocycles. The van der Waals surface area contributed by atoms with E-state index in [0.29, 0.717) is 0 Å². The molecule has 1 heterocycles. The lowest BCUT2D eigenvalue weighted by Gasteiger charge is -2.35. The predicted octanol–water partition coefficient (Wildman–Crippen LogP) is 1.74. The summed E-state index contributed by atoms with van der Waals surface area (Å²) in [7, 11) is 0. The summed E-state index contributed by atoms with van der Waals surface area (Å²) in [5.41, 5.74) is 6.19. The molecule has 0 amide bonds. The molecule has 3 N–H and O–H groups in total. The predicted molar refractivity (Wildman–Crippen MR) is 63.7 cm³/mol. The maximum Gasteiger partial charge on any atom is 0.0405 e. The van der Waals surface area contributed by atoms with E-state index in [1.807, 2.05) is 0 Å². The lowest BCUT2D eigenvalue weighted by molar-refractivity contribution is 0.273. The van der Waals surface area contributed by atoms with Crippen molar-refractivity contribution in [1.82, 2.24) is 5.32 Å². The Kier molecular flexibility index (Phi) is 3.74. The van der Waals surface area contributed by atoms with Gasteiger partial charge in [-0.15, -0.1) is 0 Å². The van der Waals surface area contributed by atoms with Crippen molar-refractivity contribution in [2.75, 3.05) is 18.1 Å². The highest BCUT2D eigenvalue weighted by molar-refractivity contribution is 7.99. The Bertz CT molecular complexity index is 172. The normalized spacial score (nSPS) is 34.9. The third kappa shape index (κ3) is 2.44. The van der Waals surface area contributed by atoms with Crippen molar-refractivity contribution in [3.05, 3.63) is 0 Å². The highest BCUT2D eigenvalue weighted by atomic mass is 32.2. The Labute approximate surface area is 91.4 Å². The summed E-state index contributed by atoms with van der Waals surface area (Å²) < 4.78 is 0. The van der Waals surface area contributed by atoms with Gasteiger partial charge in [-0.05, 0) is 25.0 Å². The zero-order chi connectivity index (χ0) is 9.86. The number of hydrogen-bond donors (Lipinski definition) is 2. The summed E-state index contributed by atoms with van der Waals surface area (Å²) in [6.07, 6.45) is 8.25. The van der Waals surface area contributed by atoms with Crippen LogP contribution in [0.1, 0.15) is 38.5 Å². The van der Waals surface area contributed by atoms with Crippen molar-refractivity contribution in [2.45, 2.75) is 50.1 Å². The molecule has 2 fully saturated rings. The summed E-state index contributed by atoms with van der Waals surface area (Å²) >= 11 is 2.05. The van der Waals surface area contributed by atoms with Gasteiger partial charge in [0.2, 0.25) is 0 Å². The van der Waals surface area contributed by atoms with Gasteiger partial charge in [0, 0.05) is 23.9 Å². The van der Waals surface area contributed by atoms with Gasteiger partial charge in [-0.3, -0.25) is 0 Å². The van der Waals surface area contributed by atoms with E-state index in [9.17, 15) is 0 Å². The molecule has 0 radical (unpaired) electrons. The summed E-state index contributed by atoms with van der Waals surface area (Å²) in [6, 6.07) is 0.756. The van der Waals surface area contributed by atoms with E-state index >= 15 is 0 Å². The zero-order valence-electron chi connectivity index (χ0n) is 8.93. The van der Waals surface area contributed by atoms with Gasteiger partial charge in [-0.1, -0.05) is 19.3 Å². The molecule has 1 aliphatic heterocycles. The van der Waals surface area contributed by atoms with Crippen LogP contribution in [-0.2, 0) is 0 Å². The molecule has 1 saturated heterocycles. The Morgan fingerprint density at radius 1 is 1.29 bits per heavy atom. The number of nitrogens with two attached hydrogens (primary N) is 1. The molecule has 1 aliphatic carbocycles. The lowest BCUT2D eigenvalue weighted by Crippen LogP contribution is -2.55. The number of thioether (sulfide) groups is 1. The van der Waals surface area contributed by atoms with Crippen molar-refractivity contribution >= 4 is 11.8 Å². The van der Waals surface area contributed by atoms with Gasteiger partial charge in [0.15, 0.2) is 0 Å². The van der Waals surface area contributed by atoms with Gasteiger partial charge in [0.1, 0.15) is 0 Å². The van der Waals surface area contributed by atoms with Gasteiger partial charge >= 0.3 is 0 Å². The Balaban J connectivity index is 1.86. The van der Waals surface area contributed by atoms with Crippen LogP contribution in [0.4, 0.5) is 0 Å². The fourth-order valence-corrected chi connectivity index (χ4v) is 4.04. The average Bonchev–Trinajstić information content (AvgIpc) is 2.69. The van der Waals surface area contributed by atoms with Gasteiger partial charge in [-0.2, -0.15) is 11.8 Å². The van der Waals surface area contributed by atoms with Gasteiger partial charge in [0.05, 0.1) is 0 Å². The molecule has 82 valence electrons. The third-order valence-electron chi connectivity index (χ3n) is 3.61. The van der Waals surface area contributed by atoms with Crippen LogP contribution in [0.2, 0.25) is 0 Å². The molecule has 0 bridgehead atoms. The molecular formula is C11H22N2S. The Morgan fingerprint density at radius 2 is 2.07 bits per heavy atom. The van der Waals surface area contributed by atoms with Crippen LogP contribution in [0.25, 0.3) is 0 Å². The Morgan fingerprint density at radius 3 is 2.64 bits per heavy atom.